The van der Waals surface area contributed by atoms with Gasteiger partial charge in [0.2, 0.25) is 5.43 Å². The van der Waals surface area contributed by atoms with Crippen LogP contribution >= 0.6 is 0 Å². The van der Waals surface area contributed by atoms with Crippen LogP contribution in [0, 0.1) is 5.92 Å². The number of hydrogen-bond acceptors (Lipinski definition) is 3. The molecule has 1 heterocycles. The smallest absolute Gasteiger partial charge is 0.207 e. The van der Waals surface area contributed by atoms with Gasteiger partial charge in [0, 0.05) is 18.0 Å². The molecule has 2 rings (SSSR count). The molecule has 0 fully saturated rings. The van der Waals surface area contributed by atoms with Crippen molar-refractivity contribution >= 4 is 10.9 Å². The van der Waals surface area contributed by atoms with E-state index in [-0.39, 0.29) is 5.43 Å². The molecule has 2 aromatic rings. The molecular weight excluding hydrogens is 262 g/mol. The summed E-state index contributed by atoms with van der Waals surface area (Å²) in [4.78, 5) is 11.8. The van der Waals surface area contributed by atoms with Crippen molar-refractivity contribution in [2.45, 2.75) is 46.2 Å². The van der Waals surface area contributed by atoms with Crippen LogP contribution in [0.1, 0.15) is 33.6 Å². The van der Waals surface area contributed by atoms with Crippen LogP contribution in [0.5, 0.6) is 0 Å². The molecule has 1 atom stereocenters. The Morgan fingerprint density at radius 2 is 1.95 bits per heavy atom. The molecule has 0 radical (unpaired) electrons. The van der Waals surface area contributed by atoms with Gasteiger partial charge in [-0.1, -0.05) is 26.0 Å². The Morgan fingerprint density at radius 1 is 1.19 bits per heavy atom. The van der Waals surface area contributed by atoms with Crippen LogP contribution in [0.3, 0.4) is 0 Å². The predicted octanol–water partition coefficient (Wildman–Crippen LogP) is 2.81. The van der Waals surface area contributed by atoms with Crippen LogP contribution in [0.15, 0.2) is 35.3 Å². The van der Waals surface area contributed by atoms with Crippen LogP contribution in [-0.2, 0) is 6.54 Å². The fraction of sp³-hybridized carbons (Fsp3) is 0.529. The topological polar surface area (TPSA) is 46.9 Å². The number of fused-ring (bicyclic) bond motifs is 1. The van der Waals surface area contributed by atoms with E-state index in [0.29, 0.717) is 6.04 Å². The molecule has 0 aliphatic heterocycles. The Balaban J connectivity index is 1.95. The molecule has 0 saturated heterocycles. The van der Waals surface area contributed by atoms with Gasteiger partial charge in [0.25, 0.3) is 0 Å². The van der Waals surface area contributed by atoms with E-state index in [4.69, 9.17) is 0 Å². The minimum absolute atomic E-state index is 0.0138. The molecule has 0 spiro atoms. The first-order valence-electron chi connectivity index (χ1n) is 7.76. The van der Waals surface area contributed by atoms with Crippen LogP contribution in [-0.4, -0.2) is 22.4 Å². The van der Waals surface area contributed by atoms with Crippen molar-refractivity contribution in [3.8, 4) is 0 Å². The maximum absolute atomic E-state index is 11.8. The van der Waals surface area contributed by atoms with E-state index in [2.05, 4.69) is 31.2 Å². The molecular formula is C17H25N3O. The predicted molar refractivity (Wildman–Crippen MR) is 87.5 cm³/mol. The van der Waals surface area contributed by atoms with Crippen molar-refractivity contribution in [2.24, 2.45) is 5.92 Å². The Bertz CT molecular complexity index is 633. The van der Waals surface area contributed by atoms with Gasteiger partial charge in [-0.05, 0) is 37.8 Å². The molecule has 4 heteroatoms. The number of aromatic nitrogens is 2. The Kier molecular flexibility index (Phi) is 5.51. The number of benzene rings is 1. The number of nitrogens with one attached hydrogen (secondary N) is 1. The minimum atomic E-state index is -0.0138. The lowest BCUT2D eigenvalue weighted by atomic mass is 10.0. The summed E-state index contributed by atoms with van der Waals surface area (Å²) in [5, 5.41) is 8.50. The van der Waals surface area contributed by atoms with E-state index < -0.39 is 0 Å². The van der Waals surface area contributed by atoms with Crippen molar-refractivity contribution in [3.63, 3.8) is 0 Å². The van der Waals surface area contributed by atoms with Crippen molar-refractivity contribution in [3.05, 3.63) is 40.7 Å². The third-order valence-electron chi connectivity index (χ3n) is 3.76. The minimum Gasteiger partial charge on any atom is -0.312 e. The molecule has 0 aliphatic rings. The number of rotatable bonds is 7. The van der Waals surface area contributed by atoms with E-state index >= 15 is 0 Å². The van der Waals surface area contributed by atoms with Gasteiger partial charge in [0.15, 0.2) is 0 Å². The zero-order chi connectivity index (χ0) is 15.2. The van der Waals surface area contributed by atoms with Gasteiger partial charge in [0.05, 0.1) is 18.3 Å². The Labute approximate surface area is 126 Å². The molecule has 0 amide bonds. The van der Waals surface area contributed by atoms with Gasteiger partial charge in [-0.15, -0.1) is 0 Å². The van der Waals surface area contributed by atoms with Crippen LogP contribution in [0.25, 0.3) is 10.9 Å². The molecule has 21 heavy (non-hydrogen) atoms. The summed E-state index contributed by atoms with van der Waals surface area (Å²) in [5.41, 5.74) is 0.891. The van der Waals surface area contributed by atoms with Gasteiger partial charge in [0.1, 0.15) is 0 Å². The molecule has 114 valence electrons. The maximum Gasteiger partial charge on any atom is 0.207 e. The summed E-state index contributed by atoms with van der Waals surface area (Å²) in [6, 6.07) is 8.15. The second-order valence-electron chi connectivity index (χ2n) is 6.08. The average molecular weight is 287 g/mol. The quantitative estimate of drug-likeness (QED) is 0.852. The Morgan fingerprint density at radius 3 is 2.71 bits per heavy atom. The highest BCUT2D eigenvalue weighted by Gasteiger charge is 2.05. The van der Waals surface area contributed by atoms with Gasteiger partial charge in [-0.2, -0.15) is 5.10 Å². The van der Waals surface area contributed by atoms with E-state index in [0.717, 1.165) is 29.9 Å². The number of para-hydroxylation sites is 1. The van der Waals surface area contributed by atoms with Gasteiger partial charge in [-0.25, -0.2) is 0 Å². The van der Waals surface area contributed by atoms with Gasteiger partial charge >= 0.3 is 0 Å². The fourth-order valence-corrected chi connectivity index (χ4v) is 2.44. The third kappa shape index (κ3) is 4.39. The largest absolute Gasteiger partial charge is 0.312 e. The maximum atomic E-state index is 11.8. The van der Waals surface area contributed by atoms with Crippen molar-refractivity contribution in [2.75, 3.05) is 6.54 Å². The standard InChI is InChI=1S/C17H25N3O/c1-13(2)8-9-14(3)18-10-11-20-16-7-5-4-6-15(16)17(21)12-19-20/h4-7,12-14,18H,8-11H2,1-3H3. The molecule has 0 aliphatic carbocycles. The highest BCUT2D eigenvalue weighted by molar-refractivity contribution is 5.77. The van der Waals surface area contributed by atoms with E-state index in [1.807, 2.05) is 28.9 Å². The van der Waals surface area contributed by atoms with Gasteiger partial charge < -0.3 is 5.32 Å². The zero-order valence-corrected chi connectivity index (χ0v) is 13.2. The monoisotopic (exact) mass is 287 g/mol. The second-order valence-corrected chi connectivity index (χ2v) is 6.08. The molecule has 1 aromatic carbocycles. The number of hydrogen-bond donors (Lipinski definition) is 1. The van der Waals surface area contributed by atoms with Crippen LogP contribution < -0.4 is 10.7 Å². The lowest BCUT2D eigenvalue weighted by Gasteiger charge is -2.16. The normalized spacial score (nSPS) is 13.0. The molecule has 4 nitrogen and oxygen atoms in total. The molecule has 1 unspecified atom stereocenters. The average Bonchev–Trinajstić information content (AvgIpc) is 2.48. The van der Waals surface area contributed by atoms with Crippen LogP contribution in [0.2, 0.25) is 0 Å². The van der Waals surface area contributed by atoms with Crippen LogP contribution in [0.4, 0.5) is 0 Å². The SMILES string of the molecule is CC(C)CCC(C)NCCn1ncc(=O)c2ccccc21. The summed E-state index contributed by atoms with van der Waals surface area (Å²) in [7, 11) is 0. The molecule has 1 aromatic heterocycles. The highest BCUT2D eigenvalue weighted by atomic mass is 16.1. The summed E-state index contributed by atoms with van der Waals surface area (Å²) in [5.74, 6) is 0.749. The Hall–Kier alpha value is -1.68. The summed E-state index contributed by atoms with van der Waals surface area (Å²) >= 11 is 0. The highest BCUT2D eigenvalue weighted by Crippen LogP contribution is 2.08. The van der Waals surface area contributed by atoms with E-state index in [9.17, 15) is 4.79 Å². The molecule has 0 saturated carbocycles. The first-order chi connectivity index (χ1) is 10.1. The van der Waals surface area contributed by atoms with Crippen molar-refractivity contribution in [1.82, 2.24) is 15.1 Å². The lowest BCUT2D eigenvalue weighted by molar-refractivity contribution is 0.436. The molecule has 0 bridgehead atoms. The van der Waals surface area contributed by atoms with Crippen molar-refractivity contribution in [1.29, 1.82) is 0 Å². The lowest BCUT2D eigenvalue weighted by Crippen LogP contribution is -2.30. The number of nitrogens with zero attached hydrogens (tertiary/aromatic N) is 2. The summed E-state index contributed by atoms with van der Waals surface area (Å²) in [6.07, 6.45) is 3.84. The first-order valence-corrected chi connectivity index (χ1v) is 7.76. The van der Waals surface area contributed by atoms with Gasteiger partial charge in [-0.3, -0.25) is 9.48 Å². The summed E-state index contributed by atoms with van der Waals surface area (Å²) in [6.45, 7) is 8.36. The fourth-order valence-electron chi connectivity index (χ4n) is 2.44. The second kappa shape index (κ2) is 7.36. The van der Waals surface area contributed by atoms with E-state index in [1.54, 1.807) is 0 Å². The third-order valence-corrected chi connectivity index (χ3v) is 3.76. The molecule has 1 N–H and O–H groups in total. The zero-order valence-electron chi connectivity index (χ0n) is 13.2. The van der Waals surface area contributed by atoms with Crippen molar-refractivity contribution < 1.29 is 0 Å². The first kappa shape index (κ1) is 15.7. The summed E-state index contributed by atoms with van der Waals surface area (Å²) < 4.78 is 1.90. The van der Waals surface area contributed by atoms with E-state index in [1.165, 1.54) is 19.0 Å².